The Morgan fingerprint density at radius 1 is 1.14 bits per heavy atom. The monoisotopic (exact) mass is 567 g/mol. The van der Waals surface area contributed by atoms with Crippen LogP contribution in [0.5, 0.6) is 0 Å². The number of ether oxygens (including phenoxy) is 1. The zero-order chi connectivity index (χ0) is 29.5. The molecule has 5 aromatic rings. The maximum atomic E-state index is 13.9. The molecule has 2 aliphatic rings. The molecule has 212 valence electrons. The first-order valence-corrected chi connectivity index (χ1v) is 13.5. The van der Waals surface area contributed by atoms with E-state index in [0.717, 1.165) is 39.4 Å². The number of pyridine rings is 3. The summed E-state index contributed by atoms with van der Waals surface area (Å²) in [6.45, 7) is 6.02. The molecule has 11 nitrogen and oxygen atoms in total. The number of nitrogen functional groups attached to an aromatic ring is 1. The smallest absolute Gasteiger partial charge is 0.343 e. The molecule has 0 unspecified atom stereocenters. The van der Waals surface area contributed by atoms with E-state index in [2.05, 4.69) is 21.4 Å². The molecule has 0 spiro atoms. The minimum atomic E-state index is -1.91. The van der Waals surface area contributed by atoms with Crippen LogP contribution in [0.1, 0.15) is 46.7 Å². The molecule has 1 aromatic carbocycles. The maximum Gasteiger partial charge on any atom is 0.343 e. The van der Waals surface area contributed by atoms with Crippen molar-refractivity contribution in [2.24, 2.45) is 0 Å². The summed E-state index contributed by atoms with van der Waals surface area (Å²) < 4.78 is 22.3. The van der Waals surface area contributed by atoms with Crippen LogP contribution in [0.25, 0.3) is 33.5 Å². The number of benzene rings is 1. The van der Waals surface area contributed by atoms with Gasteiger partial charge in [0.05, 0.1) is 48.0 Å². The number of carbonyl (C=O) groups excluding carboxylic acids is 1. The number of aryl methyl sites for hydroxylation is 2. The fourth-order valence-electron chi connectivity index (χ4n) is 5.92. The predicted octanol–water partition coefficient (Wildman–Crippen LogP) is 3.12. The minimum absolute atomic E-state index is 0.0590. The Kier molecular flexibility index (Phi) is 5.57. The molecule has 0 saturated heterocycles. The SMILES string of the molecule is CC[C@@]1(O)C(=O)OCc2c1cc1n(c2=O)Cc2c-1nc1cc(C)c(C)cc1c2Cn1cc(-c2cc(F)cnc2N)nn1. The van der Waals surface area contributed by atoms with E-state index in [4.69, 9.17) is 15.5 Å². The molecule has 0 amide bonds. The molecule has 4 aromatic heterocycles. The molecule has 0 bridgehead atoms. The number of rotatable bonds is 4. The first kappa shape index (κ1) is 26.0. The maximum absolute atomic E-state index is 13.9. The van der Waals surface area contributed by atoms with Gasteiger partial charge in [-0.05, 0) is 61.2 Å². The molecule has 0 fully saturated rings. The number of hydrogen-bond acceptors (Lipinski definition) is 9. The summed E-state index contributed by atoms with van der Waals surface area (Å²) in [6.07, 6.45) is 2.77. The first-order chi connectivity index (χ1) is 20.1. The van der Waals surface area contributed by atoms with Gasteiger partial charge in [-0.15, -0.1) is 5.10 Å². The van der Waals surface area contributed by atoms with Crippen LogP contribution in [0, 0.1) is 19.7 Å². The van der Waals surface area contributed by atoms with E-state index in [-0.39, 0.29) is 48.6 Å². The van der Waals surface area contributed by atoms with Crippen LogP contribution in [-0.4, -0.2) is 40.6 Å². The Labute approximate surface area is 238 Å². The fraction of sp³-hybridized carbons (Fsp3) is 0.267. The zero-order valence-corrected chi connectivity index (χ0v) is 23.1. The third-order valence-electron chi connectivity index (χ3n) is 8.44. The highest BCUT2D eigenvalue weighted by atomic mass is 19.1. The van der Waals surface area contributed by atoms with Crippen molar-refractivity contribution < 1.29 is 19.0 Å². The highest BCUT2D eigenvalue weighted by Gasteiger charge is 2.45. The van der Waals surface area contributed by atoms with Gasteiger partial charge in [0.2, 0.25) is 0 Å². The fourth-order valence-corrected chi connectivity index (χ4v) is 5.92. The quantitative estimate of drug-likeness (QED) is 0.306. The molecular weight excluding hydrogens is 541 g/mol. The third kappa shape index (κ3) is 3.68. The number of hydrogen-bond donors (Lipinski definition) is 2. The van der Waals surface area contributed by atoms with Crippen LogP contribution in [0.2, 0.25) is 0 Å². The number of nitrogens with two attached hydrogens (primary N) is 1. The molecule has 2 aliphatic heterocycles. The molecule has 12 heteroatoms. The van der Waals surface area contributed by atoms with Crippen molar-refractivity contribution in [2.75, 3.05) is 5.73 Å². The van der Waals surface area contributed by atoms with Gasteiger partial charge >= 0.3 is 5.97 Å². The van der Waals surface area contributed by atoms with Gasteiger partial charge in [0.15, 0.2) is 5.60 Å². The Bertz CT molecular complexity index is 2050. The summed E-state index contributed by atoms with van der Waals surface area (Å²) in [5.41, 5.74) is 10.6. The number of halogens is 1. The standard InChI is InChI=1S/C30H26FN7O4/c1-4-30(41)22-8-25-26-20(11-38(25)28(39)21(22)13-42-29(30)40)19(17-5-14(2)15(3)6-23(17)34-26)10-37-12-24(35-36-37)18-7-16(31)9-33-27(18)32/h5-9,12,41H,4,10-11,13H2,1-3H3,(H2,32,33)/t30-/m0/s1. The Balaban J connectivity index is 1.42. The predicted molar refractivity (Wildman–Crippen MR) is 151 cm³/mol. The second-order valence-corrected chi connectivity index (χ2v) is 10.9. The molecule has 1 atom stereocenters. The number of aromatic nitrogens is 6. The molecule has 42 heavy (non-hydrogen) atoms. The number of cyclic esters (lactones) is 1. The van der Waals surface area contributed by atoms with E-state index < -0.39 is 17.4 Å². The number of nitrogens with zero attached hydrogens (tertiary/aromatic N) is 6. The van der Waals surface area contributed by atoms with Gasteiger partial charge in [0.1, 0.15) is 23.9 Å². The van der Waals surface area contributed by atoms with Gasteiger partial charge < -0.3 is 20.1 Å². The third-order valence-corrected chi connectivity index (χ3v) is 8.44. The number of fused-ring (bicyclic) bond motifs is 5. The lowest BCUT2D eigenvalue weighted by Crippen LogP contribution is -2.44. The van der Waals surface area contributed by atoms with Crippen LogP contribution in [0.15, 0.2) is 41.5 Å². The summed E-state index contributed by atoms with van der Waals surface area (Å²) in [5, 5.41) is 20.6. The lowest BCUT2D eigenvalue weighted by atomic mass is 9.86. The van der Waals surface area contributed by atoms with E-state index in [1.54, 1.807) is 28.4 Å². The summed E-state index contributed by atoms with van der Waals surface area (Å²) in [7, 11) is 0. The summed E-state index contributed by atoms with van der Waals surface area (Å²) >= 11 is 0. The Morgan fingerprint density at radius 2 is 1.93 bits per heavy atom. The lowest BCUT2D eigenvalue weighted by Gasteiger charge is -2.31. The second-order valence-electron chi connectivity index (χ2n) is 10.9. The minimum Gasteiger partial charge on any atom is -0.458 e. The Hall–Kier alpha value is -4.97. The van der Waals surface area contributed by atoms with Gasteiger partial charge in [-0.1, -0.05) is 12.1 Å². The summed E-state index contributed by atoms with van der Waals surface area (Å²) in [4.78, 5) is 35.2. The van der Waals surface area contributed by atoms with Gasteiger partial charge in [-0.2, -0.15) is 0 Å². The first-order valence-electron chi connectivity index (χ1n) is 13.5. The normalized spacial score (nSPS) is 17.2. The van der Waals surface area contributed by atoms with Crippen LogP contribution in [0.3, 0.4) is 0 Å². The van der Waals surface area contributed by atoms with E-state index in [1.165, 1.54) is 6.07 Å². The topological polar surface area (TPSA) is 151 Å². The summed E-state index contributed by atoms with van der Waals surface area (Å²) in [5.74, 6) is -1.17. The van der Waals surface area contributed by atoms with Crippen molar-refractivity contribution in [3.8, 4) is 22.6 Å². The van der Waals surface area contributed by atoms with Crippen molar-refractivity contribution in [3.05, 3.63) is 86.2 Å². The molecule has 0 aliphatic carbocycles. The van der Waals surface area contributed by atoms with E-state index >= 15 is 0 Å². The second kappa shape index (κ2) is 9.02. The highest BCUT2D eigenvalue weighted by molar-refractivity contribution is 5.90. The average Bonchev–Trinajstić information content (AvgIpc) is 3.58. The van der Waals surface area contributed by atoms with Crippen LogP contribution in [-0.2, 0) is 34.8 Å². The lowest BCUT2D eigenvalue weighted by molar-refractivity contribution is -0.172. The van der Waals surface area contributed by atoms with Crippen molar-refractivity contribution >= 4 is 22.7 Å². The Morgan fingerprint density at radius 3 is 2.71 bits per heavy atom. The molecule has 7 rings (SSSR count). The van der Waals surface area contributed by atoms with Gasteiger partial charge in [0, 0.05) is 22.1 Å². The summed E-state index contributed by atoms with van der Waals surface area (Å²) in [6, 6.07) is 7.03. The zero-order valence-electron chi connectivity index (χ0n) is 23.1. The number of carbonyl (C=O) groups is 1. The van der Waals surface area contributed by atoms with Gasteiger partial charge in [0.25, 0.3) is 5.56 Å². The molecule has 0 radical (unpaired) electrons. The molecular formula is C30H26FN7O4. The van der Waals surface area contributed by atoms with Crippen molar-refractivity contribution in [1.82, 2.24) is 29.5 Å². The van der Waals surface area contributed by atoms with Crippen molar-refractivity contribution in [3.63, 3.8) is 0 Å². The molecule has 6 heterocycles. The van der Waals surface area contributed by atoms with Crippen LogP contribution >= 0.6 is 0 Å². The van der Waals surface area contributed by atoms with E-state index in [9.17, 15) is 19.1 Å². The van der Waals surface area contributed by atoms with E-state index in [0.29, 0.717) is 22.6 Å². The molecule has 0 saturated carbocycles. The average molecular weight is 568 g/mol. The van der Waals surface area contributed by atoms with Crippen molar-refractivity contribution in [2.45, 2.75) is 52.5 Å². The van der Waals surface area contributed by atoms with Gasteiger partial charge in [-0.3, -0.25) is 4.79 Å². The van der Waals surface area contributed by atoms with Crippen molar-refractivity contribution in [1.29, 1.82) is 0 Å². The van der Waals surface area contributed by atoms with E-state index in [1.807, 2.05) is 19.9 Å². The van der Waals surface area contributed by atoms with Crippen LogP contribution in [0.4, 0.5) is 10.2 Å². The molecule has 3 N–H and O–H groups in total. The largest absolute Gasteiger partial charge is 0.458 e. The number of anilines is 1. The van der Waals surface area contributed by atoms with Crippen LogP contribution < -0.4 is 11.3 Å². The number of esters is 1. The highest BCUT2D eigenvalue weighted by Crippen LogP contribution is 2.40. The number of aliphatic hydroxyl groups is 1. The van der Waals surface area contributed by atoms with Gasteiger partial charge in [-0.25, -0.2) is 23.8 Å².